The molecule has 2 nitrogen and oxygen atoms in total. The molecule has 0 saturated heterocycles. The number of rotatable bonds is 1. The molecule has 24 heavy (non-hydrogen) atoms. The van der Waals surface area contributed by atoms with Crippen LogP contribution in [-0.4, -0.2) is 9.55 Å². The zero-order valence-electron chi connectivity index (χ0n) is 13.4. The summed E-state index contributed by atoms with van der Waals surface area (Å²) in [5, 5.41) is 3.64. The monoisotopic (exact) mass is 308 g/mol. The largest absolute Gasteiger partial charge is 0.294 e. The van der Waals surface area contributed by atoms with Crippen LogP contribution in [0.25, 0.3) is 38.5 Å². The van der Waals surface area contributed by atoms with Crippen LogP contribution in [-0.2, 0) is 0 Å². The molecular weight excluding hydrogens is 292 g/mol. The summed E-state index contributed by atoms with van der Waals surface area (Å²) in [6.07, 6.45) is 0. The van der Waals surface area contributed by atoms with Crippen molar-refractivity contribution in [3.05, 3.63) is 84.4 Å². The second kappa shape index (κ2) is 4.93. The number of aromatic nitrogens is 2. The molecule has 0 N–H and O–H groups in total. The molecule has 2 heteroatoms. The van der Waals surface area contributed by atoms with Crippen LogP contribution in [0.3, 0.4) is 0 Å². The van der Waals surface area contributed by atoms with Gasteiger partial charge in [0, 0.05) is 21.8 Å². The van der Waals surface area contributed by atoms with Crippen molar-refractivity contribution in [2.45, 2.75) is 6.92 Å². The maximum atomic E-state index is 5.00. The fraction of sp³-hybridized carbons (Fsp3) is 0.0455. The summed E-state index contributed by atoms with van der Waals surface area (Å²) < 4.78 is 2.25. The van der Waals surface area contributed by atoms with Crippen molar-refractivity contribution in [3.8, 4) is 5.69 Å². The highest BCUT2D eigenvalue weighted by Gasteiger charge is 2.13. The van der Waals surface area contributed by atoms with E-state index in [-0.39, 0.29) is 0 Å². The Hall–Kier alpha value is -3.13. The molecule has 2 aromatic heterocycles. The molecule has 0 saturated carbocycles. The lowest BCUT2D eigenvalue weighted by Crippen LogP contribution is -1.95. The number of hydrogen-bond donors (Lipinski definition) is 0. The third-order valence-electron chi connectivity index (χ3n) is 4.61. The Balaban J connectivity index is 2.01. The highest BCUT2D eigenvalue weighted by molar-refractivity contribution is 6.11. The number of pyridine rings is 1. The Kier molecular flexibility index (Phi) is 2.74. The summed E-state index contributed by atoms with van der Waals surface area (Å²) in [5.74, 6) is 0. The first-order valence-corrected chi connectivity index (χ1v) is 8.17. The van der Waals surface area contributed by atoms with E-state index in [1.807, 2.05) is 6.07 Å². The average Bonchev–Trinajstić information content (AvgIpc) is 2.94. The second-order valence-electron chi connectivity index (χ2n) is 6.24. The van der Waals surface area contributed by atoms with Crippen LogP contribution in [0.5, 0.6) is 0 Å². The third kappa shape index (κ3) is 1.86. The smallest absolute Gasteiger partial charge is 0.146 e. The molecule has 3 aromatic carbocycles. The molecule has 0 bridgehead atoms. The van der Waals surface area contributed by atoms with Crippen LogP contribution < -0.4 is 0 Å². The van der Waals surface area contributed by atoms with Gasteiger partial charge >= 0.3 is 0 Å². The minimum absolute atomic E-state index is 1.01. The van der Waals surface area contributed by atoms with Gasteiger partial charge in [-0.2, -0.15) is 0 Å². The van der Waals surface area contributed by atoms with Crippen molar-refractivity contribution in [1.82, 2.24) is 9.55 Å². The van der Waals surface area contributed by atoms with Gasteiger partial charge in [0.25, 0.3) is 0 Å². The van der Waals surface area contributed by atoms with E-state index in [1.54, 1.807) is 0 Å². The second-order valence-corrected chi connectivity index (χ2v) is 6.24. The first-order valence-electron chi connectivity index (χ1n) is 8.17. The number of aryl methyl sites for hydroxylation is 1. The van der Waals surface area contributed by atoms with Crippen LogP contribution in [0.4, 0.5) is 0 Å². The summed E-state index contributed by atoms with van der Waals surface area (Å²) in [7, 11) is 0. The number of hydrogen-bond acceptors (Lipinski definition) is 1. The Morgan fingerprint density at radius 3 is 2.42 bits per heavy atom. The summed E-state index contributed by atoms with van der Waals surface area (Å²) in [6.45, 7) is 2.12. The van der Waals surface area contributed by atoms with E-state index < -0.39 is 0 Å². The molecule has 0 spiro atoms. The molecule has 0 radical (unpaired) electrons. The van der Waals surface area contributed by atoms with Gasteiger partial charge in [-0.05, 0) is 43.3 Å². The molecule has 0 atom stereocenters. The summed E-state index contributed by atoms with van der Waals surface area (Å²) in [5.41, 5.74) is 5.64. The zero-order valence-corrected chi connectivity index (χ0v) is 13.4. The molecule has 2 heterocycles. The minimum Gasteiger partial charge on any atom is -0.294 e. The normalized spacial score (nSPS) is 11.5. The van der Waals surface area contributed by atoms with Crippen LogP contribution in [0.1, 0.15) is 5.56 Å². The molecule has 114 valence electrons. The van der Waals surface area contributed by atoms with Gasteiger partial charge in [-0.25, -0.2) is 4.98 Å². The summed E-state index contributed by atoms with van der Waals surface area (Å²) >= 11 is 0. The molecule has 5 rings (SSSR count). The lowest BCUT2D eigenvalue weighted by atomic mass is 10.1. The molecule has 0 amide bonds. The van der Waals surface area contributed by atoms with Gasteiger partial charge in [0.1, 0.15) is 5.65 Å². The molecule has 0 fully saturated rings. The maximum Gasteiger partial charge on any atom is 0.146 e. The molecule has 0 aliphatic heterocycles. The van der Waals surface area contributed by atoms with Crippen LogP contribution >= 0.6 is 0 Å². The van der Waals surface area contributed by atoms with E-state index >= 15 is 0 Å². The van der Waals surface area contributed by atoms with Crippen molar-refractivity contribution >= 4 is 32.8 Å². The van der Waals surface area contributed by atoms with E-state index in [1.165, 1.54) is 27.2 Å². The molecule has 0 unspecified atom stereocenters. The van der Waals surface area contributed by atoms with Gasteiger partial charge in [-0.15, -0.1) is 0 Å². The average molecular weight is 308 g/mol. The zero-order chi connectivity index (χ0) is 16.1. The standard InChI is InChI=1S/C22H16N2/c1-15-11-12-20-16(13-15)14-19-18-9-5-6-10-21(18)24(22(19)23-20)17-7-3-2-4-8-17/h2-14H,1H3. The number of para-hydroxylation sites is 2. The van der Waals surface area contributed by atoms with E-state index in [4.69, 9.17) is 4.98 Å². The highest BCUT2D eigenvalue weighted by atomic mass is 15.0. The highest BCUT2D eigenvalue weighted by Crippen LogP contribution is 2.32. The van der Waals surface area contributed by atoms with E-state index in [0.717, 1.165) is 16.9 Å². The van der Waals surface area contributed by atoms with Crippen LogP contribution in [0, 0.1) is 6.92 Å². The minimum atomic E-state index is 1.01. The maximum absolute atomic E-state index is 5.00. The van der Waals surface area contributed by atoms with Gasteiger partial charge in [-0.1, -0.05) is 48.0 Å². The Morgan fingerprint density at radius 1 is 0.750 bits per heavy atom. The fourth-order valence-electron chi connectivity index (χ4n) is 3.50. The summed E-state index contributed by atoms with van der Waals surface area (Å²) in [6, 6.07) is 27.7. The lowest BCUT2D eigenvalue weighted by molar-refractivity contribution is 1.15. The Labute approximate surface area is 140 Å². The Morgan fingerprint density at radius 2 is 1.54 bits per heavy atom. The van der Waals surface area contributed by atoms with Gasteiger partial charge in [-0.3, -0.25) is 4.57 Å². The van der Waals surface area contributed by atoms with Gasteiger partial charge in [0.15, 0.2) is 0 Å². The predicted octanol–water partition coefficient (Wildman–Crippen LogP) is 5.64. The molecule has 0 aliphatic rings. The lowest BCUT2D eigenvalue weighted by Gasteiger charge is -2.07. The van der Waals surface area contributed by atoms with Crippen molar-refractivity contribution in [2.75, 3.05) is 0 Å². The van der Waals surface area contributed by atoms with Gasteiger partial charge in [0.05, 0.1) is 11.0 Å². The number of fused-ring (bicyclic) bond motifs is 4. The van der Waals surface area contributed by atoms with Crippen molar-refractivity contribution < 1.29 is 0 Å². The topological polar surface area (TPSA) is 17.8 Å². The van der Waals surface area contributed by atoms with E-state index in [2.05, 4.69) is 84.3 Å². The SMILES string of the molecule is Cc1ccc2nc3c(cc2c1)c1ccccc1n3-c1ccccc1. The first kappa shape index (κ1) is 13.3. The van der Waals surface area contributed by atoms with Crippen LogP contribution in [0.2, 0.25) is 0 Å². The molecule has 5 aromatic rings. The van der Waals surface area contributed by atoms with Gasteiger partial charge in [0.2, 0.25) is 0 Å². The third-order valence-corrected chi connectivity index (χ3v) is 4.61. The molecule has 0 aliphatic carbocycles. The fourth-order valence-corrected chi connectivity index (χ4v) is 3.50. The van der Waals surface area contributed by atoms with E-state index in [9.17, 15) is 0 Å². The van der Waals surface area contributed by atoms with E-state index in [0.29, 0.717) is 0 Å². The predicted molar refractivity (Wildman–Crippen MR) is 101 cm³/mol. The summed E-state index contributed by atoms with van der Waals surface area (Å²) in [4.78, 5) is 5.00. The Bertz CT molecular complexity index is 1200. The van der Waals surface area contributed by atoms with Gasteiger partial charge < -0.3 is 0 Å². The number of nitrogens with zero attached hydrogens (tertiary/aromatic N) is 2. The quantitative estimate of drug-likeness (QED) is 0.392. The molecular formula is C22H16N2. The van der Waals surface area contributed by atoms with Crippen molar-refractivity contribution in [1.29, 1.82) is 0 Å². The van der Waals surface area contributed by atoms with Crippen molar-refractivity contribution in [3.63, 3.8) is 0 Å². The van der Waals surface area contributed by atoms with Crippen molar-refractivity contribution in [2.24, 2.45) is 0 Å². The first-order chi connectivity index (χ1) is 11.8. The van der Waals surface area contributed by atoms with Crippen LogP contribution in [0.15, 0.2) is 78.9 Å². The number of benzene rings is 3.